The molecule has 1 fully saturated rings. The highest BCUT2D eigenvalue weighted by Crippen LogP contribution is 2.34. The van der Waals surface area contributed by atoms with Gasteiger partial charge in [0, 0.05) is 0 Å². The van der Waals surface area contributed by atoms with Crippen molar-refractivity contribution in [3.8, 4) is 0 Å². The van der Waals surface area contributed by atoms with Crippen LogP contribution in [0.1, 0.15) is 22.3 Å². The fraction of sp³-hybridized carbons (Fsp3) is 0.120. The molecular formula is C25H22N2O2S. The predicted molar refractivity (Wildman–Crippen MR) is 123 cm³/mol. The summed E-state index contributed by atoms with van der Waals surface area (Å²) in [6.07, 6.45) is 1.89. The van der Waals surface area contributed by atoms with Crippen LogP contribution in [0.15, 0.2) is 94.8 Å². The van der Waals surface area contributed by atoms with E-state index in [1.807, 2.05) is 91.0 Å². The van der Waals surface area contributed by atoms with Crippen LogP contribution in [-0.2, 0) is 24.5 Å². The Labute approximate surface area is 180 Å². The first-order valence-electron chi connectivity index (χ1n) is 9.76. The zero-order valence-corrected chi connectivity index (χ0v) is 17.3. The van der Waals surface area contributed by atoms with Crippen LogP contribution in [0.3, 0.4) is 0 Å². The van der Waals surface area contributed by atoms with Gasteiger partial charge < -0.3 is 5.11 Å². The van der Waals surface area contributed by atoms with E-state index in [4.69, 9.17) is 4.99 Å². The fourth-order valence-electron chi connectivity index (χ4n) is 3.14. The standard InChI is InChI=1S/C25H22N2O2S/c28-18-22-13-11-19(12-14-22)15-23-24(29)27(17-21-9-5-2-6-10-21)25(30-23)26-16-20-7-3-1-4-8-20/h1-15,28H,16-18H2/b23-15-,26-25?. The molecule has 0 radical (unpaired) electrons. The largest absolute Gasteiger partial charge is 0.392 e. The second-order valence-corrected chi connectivity index (χ2v) is 7.98. The summed E-state index contributed by atoms with van der Waals surface area (Å²) in [4.78, 5) is 20.3. The van der Waals surface area contributed by atoms with Gasteiger partial charge in [-0.15, -0.1) is 0 Å². The topological polar surface area (TPSA) is 52.9 Å². The molecule has 0 bridgehead atoms. The van der Waals surface area contributed by atoms with Crippen LogP contribution in [0, 0.1) is 0 Å². The second-order valence-electron chi connectivity index (χ2n) is 6.97. The van der Waals surface area contributed by atoms with Gasteiger partial charge in [-0.3, -0.25) is 14.7 Å². The van der Waals surface area contributed by atoms with E-state index in [0.29, 0.717) is 23.2 Å². The van der Waals surface area contributed by atoms with Gasteiger partial charge in [0.2, 0.25) is 0 Å². The third-order valence-electron chi connectivity index (χ3n) is 4.77. The van der Waals surface area contributed by atoms with E-state index in [0.717, 1.165) is 22.3 Å². The molecule has 30 heavy (non-hydrogen) atoms. The van der Waals surface area contributed by atoms with Crippen molar-refractivity contribution >= 4 is 28.9 Å². The summed E-state index contributed by atoms with van der Waals surface area (Å²) in [6, 6.07) is 27.5. The van der Waals surface area contributed by atoms with E-state index in [2.05, 4.69) is 0 Å². The highest BCUT2D eigenvalue weighted by molar-refractivity contribution is 8.18. The molecule has 0 atom stereocenters. The Morgan fingerprint density at radius 2 is 1.47 bits per heavy atom. The number of amidine groups is 1. The molecule has 1 N–H and O–H groups in total. The molecule has 5 heteroatoms. The maximum absolute atomic E-state index is 13.2. The lowest BCUT2D eigenvalue weighted by Crippen LogP contribution is -2.28. The Morgan fingerprint density at radius 3 is 2.10 bits per heavy atom. The summed E-state index contributed by atoms with van der Waals surface area (Å²) in [6.45, 7) is 1.02. The first kappa shape index (κ1) is 20.1. The summed E-state index contributed by atoms with van der Waals surface area (Å²) >= 11 is 1.41. The number of aliphatic hydroxyl groups is 1. The Hall–Kier alpha value is -3.15. The minimum Gasteiger partial charge on any atom is -0.392 e. The van der Waals surface area contributed by atoms with Crippen LogP contribution in [0.25, 0.3) is 6.08 Å². The van der Waals surface area contributed by atoms with E-state index in [9.17, 15) is 9.90 Å². The molecule has 1 heterocycles. The van der Waals surface area contributed by atoms with Gasteiger partial charge in [-0.1, -0.05) is 84.9 Å². The number of benzene rings is 3. The molecule has 1 aliphatic heterocycles. The second kappa shape index (κ2) is 9.57. The van der Waals surface area contributed by atoms with Crippen molar-refractivity contribution in [2.75, 3.05) is 0 Å². The molecular weight excluding hydrogens is 392 g/mol. The van der Waals surface area contributed by atoms with Crippen LogP contribution in [0.4, 0.5) is 0 Å². The van der Waals surface area contributed by atoms with Gasteiger partial charge in [0.05, 0.1) is 24.6 Å². The number of aliphatic hydroxyl groups excluding tert-OH is 1. The minimum absolute atomic E-state index is 0.00563. The Morgan fingerprint density at radius 1 is 0.833 bits per heavy atom. The molecule has 3 aromatic rings. The molecule has 1 aliphatic rings. The van der Waals surface area contributed by atoms with Crippen molar-refractivity contribution in [2.24, 2.45) is 4.99 Å². The average molecular weight is 415 g/mol. The lowest BCUT2D eigenvalue weighted by Gasteiger charge is -2.15. The van der Waals surface area contributed by atoms with Crippen LogP contribution in [0.5, 0.6) is 0 Å². The van der Waals surface area contributed by atoms with Crippen molar-refractivity contribution in [1.29, 1.82) is 0 Å². The number of thioether (sulfide) groups is 1. The van der Waals surface area contributed by atoms with E-state index >= 15 is 0 Å². The highest BCUT2D eigenvalue weighted by atomic mass is 32.2. The molecule has 0 unspecified atom stereocenters. The van der Waals surface area contributed by atoms with Gasteiger partial charge >= 0.3 is 0 Å². The third kappa shape index (κ3) is 4.87. The van der Waals surface area contributed by atoms with E-state index < -0.39 is 0 Å². The SMILES string of the molecule is O=C1/C(=C/c2ccc(CO)cc2)SC(=NCc2ccccc2)N1Cc1ccccc1. The van der Waals surface area contributed by atoms with E-state index in [1.54, 1.807) is 4.90 Å². The number of hydrogen-bond acceptors (Lipinski definition) is 4. The van der Waals surface area contributed by atoms with Crippen molar-refractivity contribution in [2.45, 2.75) is 19.7 Å². The summed E-state index contributed by atoms with van der Waals surface area (Å²) in [5.41, 5.74) is 3.94. The zero-order chi connectivity index (χ0) is 20.8. The molecule has 1 amide bonds. The Bertz CT molecular complexity index is 1060. The zero-order valence-electron chi connectivity index (χ0n) is 16.4. The maximum atomic E-state index is 13.2. The average Bonchev–Trinajstić information content (AvgIpc) is 3.08. The summed E-state index contributed by atoms with van der Waals surface area (Å²) in [5, 5.41) is 9.94. The van der Waals surface area contributed by atoms with Crippen molar-refractivity contribution < 1.29 is 9.90 Å². The lowest BCUT2D eigenvalue weighted by atomic mass is 10.1. The molecule has 3 aromatic carbocycles. The number of rotatable bonds is 6. The van der Waals surface area contributed by atoms with Gasteiger partial charge in [0.1, 0.15) is 0 Å². The van der Waals surface area contributed by atoms with Gasteiger partial charge in [-0.2, -0.15) is 0 Å². The molecule has 0 spiro atoms. The highest BCUT2D eigenvalue weighted by Gasteiger charge is 2.33. The number of carbonyl (C=O) groups is 1. The third-order valence-corrected chi connectivity index (χ3v) is 5.82. The van der Waals surface area contributed by atoms with Crippen LogP contribution >= 0.6 is 11.8 Å². The van der Waals surface area contributed by atoms with Gasteiger partial charge in [0.25, 0.3) is 5.91 Å². The number of aliphatic imine (C=N–C) groups is 1. The Kier molecular flexibility index (Phi) is 6.42. The molecule has 4 nitrogen and oxygen atoms in total. The normalized spacial score (nSPS) is 16.6. The summed E-state index contributed by atoms with van der Waals surface area (Å²) in [7, 11) is 0. The Balaban J connectivity index is 1.61. The number of hydrogen-bond donors (Lipinski definition) is 1. The first-order valence-corrected chi connectivity index (χ1v) is 10.6. The van der Waals surface area contributed by atoms with E-state index in [-0.39, 0.29) is 12.5 Å². The van der Waals surface area contributed by atoms with Gasteiger partial charge in [0.15, 0.2) is 5.17 Å². The monoisotopic (exact) mass is 414 g/mol. The molecule has 0 aromatic heterocycles. The molecule has 1 saturated heterocycles. The lowest BCUT2D eigenvalue weighted by molar-refractivity contribution is -0.122. The number of nitrogens with zero attached hydrogens (tertiary/aromatic N) is 2. The molecule has 0 saturated carbocycles. The molecule has 4 rings (SSSR count). The molecule has 0 aliphatic carbocycles. The quantitative estimate of drug-likeness (QED) is 0.587. The van der Waals surface area contributed by atoms with Crippen molar-refractivity contribution in [3.05, 3.63) is 112 Å². The minimum atomic E-state index is -0.0399. The number of carbonyl (C=O) groups excluding carboxylic acids is 1. The smallest absolute Gasteiger partial charge is 0.267 e. The van der Waals surface area contributed by atoms with Gasteiger partial charge in [-0.25, -0.2) is 0 Å². The number of amides is 1. The van der Waals surface area contributed by atoms with Gasteiger partial charge in [-0.05, 0) is 40.1 Å². The predicted octanol–water partition coefficient (Wildman–Crippen LogP) is 4.85. The fourth-order valence-corrected chi connectivity index (χ4v) is 4.12. The maximum Gasteiger partial charge on any atom is 0.267 e. The summed E-state index contributed by atoms with van der Waals surface area (Å²) < 4.78 is 0. The van der Waals surface area contributed by atoms with Crippen LogP contribution in [-0.4, -0.2) is 21.1 Å². The molecule has 150 valence electrons. The van der Waals surface area contributed by atoms with Crippen LogP contribution in [0.2, 0.25) is 0 Å². The van der Waals surface area contributed by atoms with Crippen molar-refractivity contribution in [1.82, 2.24) is 4.90 Å². The first-order chi connectivity index (χ1) is 14.7. The summed E-state index contributed by atoms with van der Waals surface area (Å²) in [5.74, 6) is -0.0399. The van der Waals surface area contributed by atoms with E-state index in [1.165, 1.54) is 11.8 Å². The van der Waals surface area contributed by atoms with Crippen LogP contribution < -0.4 is 0 Å². The van der Waals surface area contributed by atoms with Crippen molar-refractivity contribution in [3.63, 3.8) is 0 Å².